The molecule has 0 saturated heterocycles. The number of ether oxygens (including phenoxy) is 1. The summed E-state index contributed by atoms with van der Waals surface area (Å²) in [6, 6.07) is 11.4. The first-order chi connectivity index (χ1) is 13.9. The van der Waals surface area contributed by atoms with Crippen LogP contribution in [0.25, 0.3) is 0 Å². The van der Waals surface area contributed by atoms with Crippen LogP contribution >= 0.6 is 23.2 Å². The highest BCUT2D eigenvalue weighted by molar-refractivity contribution is 6.35. The highest BCUT2D eigenvalue weighted by Gasteiger charge is 2.43. The number of H-pyrrole nitrogens is 1. The molecular weight excluding hydrogens is 413 g/mol. The van der Waals surface area contributed by atoms with E-state index in [1.165, 1.54) is 0 Å². The summed E-state index contributed by atoms with van der Waals surface area (Å²) in [5.74, 6) is -0.655. The molecule has 29 heavy (non-hydrogen) atoms. The zero-order valence-corrected chi connectivity index (χ0v) is 17.2. The minimum absolute atomic E-state index is 0.246. The Morgan fingerprint density at radius 2 is 1.93 bits per heavy atom. The van der Waals surface area contributed by atoms with Crippen molar-refractivity contribution in [3.05, 3.63) is 80.6 Å². The number of esters is 1. The van der Waals surface area contributed by atoms with Crippen molar-refractivity contribution in [2.75, 3.05) is 11.5 Å². The number of amides is 1. The third kappa shape index (κ3) is 3.28. The lowest BCUT2D eigenvalue weighted by atomic mass is 9.98. The van der Waals surface area contributed by atoms with Gasteiger partial charge < -0.3 is 4.74 Å². The van der Waals surface area contributed by atoms with Gasteiger partial charge in [-0.25, -0.2) is 4.79 Å². The van der Waals surface area contributed by atoms with Crippen LogP contribution in [0, 0.1) is 6.92 Å². The molecule has 2 aromatic carbocycles. The van der Waals surface area contributed by atoms with Gasteiger partial charge in [0.15, 0.2) is 5.69 Å². The van der Waals surface area contributed by atoms with E-state index in [0.717, 1.165) is 16.8 Å². The van der Waals surface area contributed by atoms with E-state index in [9.17, 15) is 9.59 Å². The Morgan fingerprint density at radius 3 is 2.59 bits per heavy atom. The van der Waals surface area contributed by atoms with Gasteiger partial charge in [0.25, 0.3) is 5.91 Å². The number of aromatic nitrogens is 2. The van der Waals surface area contributed by atoms with E-state index in [1.807, 2.05) is 13.0 Å². The Bertz CT molecular complexity index is 1110. The predicted molar refractivity (Wildman–Crippen MR) is 111 cm³/mol. The molecule has 1 atom stereocenters. The normalized spacial score (nSPS) is 15.5. The largest absolute Gasteiger partial charge is 0.462 e. The Kier molecular flexibility index (Phi) is 5.06. The van der Waals surface area contributed by atoms with Crippen LogP contribution in [0.2, 0.25) is 10.0 Å². The summed E-state index contributed by atoms with van der Waals surface area (Å²) < 4.78 is 5.02. The highest BCUT2D eigenvalue weighted by Crippen LogP contribution is 2.44. The van der Waals surface area contributed by atoms with Crippen LogP contribution in [-0.4, -0.2) is 28.7 Å². The molecule has 6 nitrogen and oxygen atoms in total. The van der Waals surface area contributed by atoms with Crippen molar-refractivity contribution in [2.24, 2.45) is 0 Å². The number of aryl methyl sites for hydroxylation is 1. The van der Waals surface area contributed by atoms with Crippen LogP contribution < -0.4 is 4.90 Å². The molecule has 2 heterocycles. The fourth-order valence-corrected chi connectivity index (χ4v) is 4.06. The Balaban J connectivity index is 1.81. The Hall–Kier alpha value is -2.83. The molecule has 1 aromatic heterocycles. The molecule has 1 amide bonds. The number of rotatable bonds is 4. The lowest BCUT2D eigenvalue weighted by Crippen LogP contribution is -2.29. The maximum atomic E-state index is 13.2. The van der Waals surface area contributed by atoms with Gasteiger partial charge >= 0.3 is 5.97 Å². The number of carbonyl (C=O) groups excluding carboxylic acids is 2. The zero-order valence-electron chi connectivity index (χ0n) is 15.7. The average Bonchev–Trinajstić information content (AvgIpc) is 3.21. The van der Waals surface area contributed by atoms with Gasteiger partial charge in [0.1, 0.15) is 0 Å². The monoisotopic (exact) mass is 429 g/mol. The number of halogens is 2. The van der Waals surface area contributed by atoms with E-state index in [-0.39, 0.29) is 5.91 Å². The summed E-state index contributed by atoms with van der Waals surface area (Å²) in [4.78, 5) is 26.7. The Labute approximate surface area is 177 Å². The number of nitrogens with one attached hydrogen (secondary N) is 1. The van der Waals surface area contributed by atoms with Crippen molar-refractivity contribution in [1.29, 1.82) is 0 Å². The molecule has 0 fully saturated rings. The molecule has 0 radical (unpaired) electrons. The molecule has 1 aliphatic rings. The number of fused-ring (bicyclic) bond motifs is 1. The SMILES string of the molecule is CCOC(=O)c1ccc(N2C(=O)c3n[nH]c(C)c3[C@H]2c2ccc(Cl)cc2Cl)cc1. The standard InChI is InChI=1S/C21H17Cl2N3O3/c1-3-29-21(28)12-4-7-14(8-5-12)26-19(15-9-6-13(22)10-16(15)23)17-11(2)24-25-18(17)20(26)27/h4-10,19H,3H2,1-2H3,(H,24,25)/t19-/m1/s1. The number of carbonyl (C=O) groups is 2. The summed E-state index contributed by atoms with van der Waals surface area (Å²) in [5, 5.41) is 8.04. The van der Waals surface area contributed by atoms with Gasteiger partial charge in [-0.3, -0.25) is 14.8 Å². The number of benzene rings is 2. The van der Waals surface area contributed by atoms with Gasteiger partial charge in [0.2, 0.25) is 0 Å². The first-order valence-electron chi connectivity index (χ1n) is 9.03. The number of hydrogen-bond acceptors (Lipinski definition) is 4. The van der Waals surface area contributed by atoms with Gasteiger partial charge in [-0.2, -0.15) is 5.10 Å². The third-order valence-corrected chi connectivity index (χ3v) is 5.42. The van der Waals surface area contributed by atoms with Gasteiger partial charge in [0.05, 0.1) is 18.2 Å². The third-order valence-electron chi connectivity index (χ3n) is 4.86. The van der Waals surface area contributed by atoms with E-state index in [0.29, 0.717) is 33.6 Å². The van der Waals surface area contributed by atoms with Crippen LogP contribution in [0.1, 0.15) is 50.6 Å². The second-order valence-electron chi connectivity index (χ2n) is 6.62. The van der Waals surface area contributed by atoms with E-state index in [1.54, 1.807) is 48.2 Å². The van der Waals surface area contributed by atoms with Crippen molar-refractivity contribution >= 4 is 40.8 Å². The molecule has 1 N–H and O–H groups in total. The predicted octanol–water partition coefficient (Wildman–Crippen LogP) is 4.95. The first-order valence-corrected chi connectivity index (χ1v) is 9.78. The van der Waals surface area contributed by atoms with Crippen LogP contribution in [-0.2, 0) is 4.74 Å². The molecule has 0 spiro atoms. The molecule has 4 rings (SSSR count). The highest BCUT2D eigenvalue weighted by atomic mass is 35.5. The number of nitrogens with zero attached hydrogens (tertiary/aromatic N) is 2. The van der Waals surface area contributed by atoms with Gasteiger partial charge in [-0.15, -0.1) is 0 Å². The van der Waals surface area contributed by atoms with Crippen molar-refractivity contribution in [2.45, 2.75) is 19.9 Å². The minimum Gasteiger partial charge on any atom is -0.462 e. The quantitative estimate of drug-likeness (QED) is 0.595. The fraction of sp³-hybridized carbons (Fsp3) is 0.190. The topological polar surface area (TPSA) is 75.3 Å². The van der Waals surface area contributed by atoms with E-state index >= 15 is 0 Å². The Morgan fingerprint density at radius 1 is 1.21 bits per heavy atom. The molecule has 148 valence electrons. The summed E-state index contributed by atoms with van der Waals surface area (Å²) >= 11 is 12.5. The van der Waals surface area contributed by atoms with Crippen LogP contribution in [0.4, 0.5) is 5.69 Å². The van der Waals surface area contributed by atoms with E-state index in [4.69, 9.17) is 27.9 Å². The number of aromatic amines is 1. The lowest BCUT2D eigenvalue weighted by Gasteiger charge is -2.27. The molecule has 0 bridgehead atoms. The van der Waals surface area contributed by atoms with Crippen molar-refractivity contribution in [3.8, 4) is 0 Å². The van der Waals surface area contributed by atoms with Crippen LogP contribution in [0.15, 0.2) is 42.5 Å². The summed E-state index contributed by atoms with van der Waals surface area (Å²) in [6.07, 6.45) is 0. The summed E-state index contributed by atoms with van der Waals surface area (Å²) in [5.41, 5.74) is 3.69. The van der Waals surface area contributed by atoms with Gasteiger partial charge in [-0.1, -0.05) is 29.3 Å². The van der Waals surface area contributed by atoms with E-state index in [2.05, 4.69) is 10.2 Å². The number of anilines is 1. The van der Waals surface area contributed by atoms with E-state index < -0.39 is 12.0 Å². The molecular formula is C21H17Cl2N3O3. The zero-order chi connectivity index (χ0) is 20.7. The van der Waals surface area contributed by atoms with Crippen molar-refractivity contribution < 1.29 is 14.3 Å². The van der Waals surface area contributed by atoms with Crippen LogP contribution in [0.3, 0.4) is 0 Å². The average molecular weight is 430 g/mol. The molecule has 0 unspecified atom stereocenters. The van der Waals surface area contributed by atoms with Crippen LogP contribution in [0.5, 0.6) is 0 Å². The van der Waals surface area contributed by atoms with Crippen molar-refractivity contribution in [3.63, 3.8) is 0 Å². The van der Waals surface area contributed by atoms with Gasteiger partial charge in [-0.05, 0) is 55.8 Å². The minimum atomic E-state index is -0.463. The maximum absolute atomic E-state index is 13.2. The lowest BCUT2D eigenvalue weighted by molar-refractivity contribution is 0.0526. The molecule has 1 aliphatic heterocycles. The molecule has 0 saturated carbocycles. The molecule has 0 aliphatic carbocycles. The van der Waals surface area contributed by atoms with Crippen molar-refractivity contribution in [1.82, 2.24) is 10.2 Å². The summed E-state index contributed by atoms with van der Waals surface area (Å²) in [7, 11) is 0. The second kappa shape index (κ2) is 7.54. The smallest absolute Gasteiger partial charge is 0.338 e. The fourth-order valence-electron chi connectivity index (χ4n) is 3.55. The first kappa shape index (κ1) is 19.5. The molecule has 3 aromatic rings. The van der Waals surface area contributed by atoms with Gasteiger partial charge in [0, 0.05) is 27.0 Å². The summed E-state index contributed by atoms with van der Waals surface area (Å²) in [6.45, 7) is 3.91. The second-order valence-corrected chi connectivity index (χ2v) is 7.47. The molecule has 8 heteroatoms. The maximum Gasteiger partial charge on any atom is 0.338 e. The number of hydrogen-bond donors (Lipinski definition) is 1.